The van der Waals surface area contributed by atoms with Gasteiger partial charge in [-0.25, -0.2) is 14.8 Å². The van der Waals surface area contributed by atoms with Gasteiger partial charge in [0.1, 0.15) is 5.52 Å². The van der Waals surface area contributed by atoms with E-state index in [9.17, 15) is 9.90 Å². The van der Waals surface area contributed by atoms with Crippen LogP contribution in [0.15, 0.2) is 12.1 Å². The van der Waals surface area contributed by atoms with Crippen LogP contribution in [0, 0.1) is 0 Å². The first-order valence-electron chi connectivity index (χ1n) is 6.07. The second-order valence-corrected chi connectivity index (χ2v) is 4.16. The summed E-state index contributed by atoms with van der Waals surface area (Å²) >= 11 is 6.00. The van der Waals surface area contributed by atoms with Crippen molar-refractivity contribution in [3.63, 3.8) is 0 Å². The molecule has 0 aliphatic carbocycles. The third-order valence-corrected chi connectivity index (χ3v) is 2.78. The van der Waals surface area contributed by atoms with Crippen molar-refractivity contribution < 1.29 is 19.4 Å². The van der Waals surface area contributed by atoms with E-state index in [2.05, 4.69) is 9.97 Å². The normalized spacial score (nSPS) is 10.6. The number of rotatable bonds is 4. The van der Waals surface area contributed by atoms with Crippen molar-refractivity contribution in [3.05, 3.63) is 23.0 Å². The predicted molar refractivity (Wildman–Crippen MR) is 73.3 cm³/mol. The van der Waals surface area contributed by atoms with Crippen LogP contribution >= 0.6 is 11.6 Å². The van der Waals surface area contributed by atoms with Gasteiger partial charge in [-0.1, -0.05) is 11.6 Å². The van der Waals surface area contributed by atoms with E-state index >= 15 is 0 Å². The van der Waals surface area contributed by atoms with Crippen LogP contribution in [0.25, 0.3) is 10.9 Å². The van der Waals surface area contributed by atoms with Crippen LogP contribution in [0.5, 0.6) is 11.6 Å². The van der Waals surface area contributed by atoms with Gasteiger partial charge in [0.25, 0.3) is 0 Å². The minimum absolute atomic E-state index is 0.00223. The maximum absolute atomic E-state index is 11.7. The number of halogens is 1. The van der Waals surface area contributed by atoms with E-state index < -0.39 is 5.97 Å². The molecule has 0 radical (unpaired) electrons. The number of esters is 1. The molecule has 6 nitrogen and oxygen atoms in total. The van der Waals surface area contributed by atoms with E-state index in [0.717, 1.165) is 0 Å². The molecule has 0 fully saturated rings. The molecule has 7 heteroatoms. The molecular formula is C13H13ClN2O4. The number of hydrogen-bond acceptors (Lipinski definition) is 6. The summed E-state index contributed by atoms with van der Waals surface area (Å²) in [6.07, 6.45) is 0. The fraction of sp³-hybridized carbons (Fsp3) is 0.308. The zero-order valence-electron chi connectivity index (χ0n) is 11.0. The maximum atomic E-state index is 11.7. The topological polar surface area (TPSA) is 81.5 Å². The van der Waals surface area contributed by atoms with Crippen LogP contribution in [0.3, 0.4) is 0 Å². The molecule has 0 unspecified atom stereocenters. The van der Waals surface area contributed by atoms with Gasteiger partial charge in [0.2, 0.25) is 5.88 Å². The molecule has 0 bridgehead atoms. The molecular weight excluding hydrogens is 284 g/mol. The van der Waals surface area contributed by atoms with Gasteiger partial charge in [0.15, 0.2) is 16.6 Å². The number of aromatic hydroxyl groups is 1. The fourth-order valence-electron chi connectivity index (χ4n) is 1.69. The van der Waals surface area contributed by atoms with Gasteiger partial charge in [-0.15, -0.1) is 0 Å². The first-order valence-corrected chi connectivity index (χ1v) is 6.45. The Balaban J connectivity index is 2.59. The number of carbonyl (C=O) groups is 1. The largest absolute Gasteiger partial charge is 0.505 e. The molecule has 0 spiro atoms. The van der Waals surface area contributed by atoms with Crippen molar-refractivity contribution >= 4 is 28.5 Å². The van der Waals surface area contributed by atoms with Gasteiger partial charge in [-0.05, 0) is 19.9 Å². The summed E-state index contributed by atoms with van der Waals surface area (Å²) in [5.74, 6) is -0.673. The van der Waals surface area contributed by atoms with Crippen LogP contribution in [-0.2, 0) is 4.74 Å². The molecule has 0 aliphatic heterocycles. The van der Waals surface area contributed by atoms with E-state index in [1.807, 2.05) is 6.92 Å². The molecule has 1 N–H and O–H groups in total. The minimum atomic E-state index is -0.734. The molecule has 20 heavy (non-hydrogen) atoms. The zero-order chi connectivity index (χ0) is 14.7. The molecule has 2 aromatic rings. The Bertz CT molecular complexity index is 660. The molecule has 0 saturated carbocycles. The molecule has 0 aliphatic rings. The number of pyridine rings is 2. The lowest BCUT2D eigenvalue weighted by Gasteiger charge is -2.09. The molecule has 0 amide bonds. The highest BCUT2D eigenvalue weighted by molar-refractivity contribution is 6.34. The Morgan fingerprint density at radius 3 is 2.70 bits per heavy atom. The number of nitrogens with zero attached hydrogens (tertiary/aromatic N) is 2. The summed E-state index contributed by atoms with van der Waals surface area (Å²) in [6.45, 7) is 4.12. The fourth-order valence-corrected chi connectivity index (χ4v) is 1.92. The van der Waals surface area contributed by atoms with E-state index in [4.69, 9.17) is 21.1 Å². The van der Waals surface area contributed by atoms with E-state index in [1.54, 1.807) is 19.1 Å². The average Bonchev–Trinajstić information content (AvgIpc) is 2.43. The number of hydrogen-bond donors (Lipinski definition) is 1. The van der Waals surface area contributed by atoms with Gasteiger partial charge in [-0.3, -0.25) is 0 Å². The lowest BCUT2D eigenvalue weighted by Crippen LogP contribution is -2.08. The zero-order valence-corrected chi connectivity index (χ0v) is 11.8. The molecule has 0 atom stereocenters. The van der Waals surface area contributed by atoms with E-state index in [1.165, 1.54) is 0 Å². The van der Waals surface area contributed by atoms with E-state index in [0.29, 0.717) is 17.9 Å². The third kappa shape index (κ3) is 2.60. The summed E-state index contributed by atoms with van der Waals surface area (Å²) in [7, 11) is 0. The second-order valence-electron chi connectivity index (χ2n) is 3.80. The van der Waals surface area contributed by atoms with Gasteiger partial charge in [0.05, 0.1) is 13.2 Å². The SMILES string of the molecule is CCOC(=O)c1nc(Cl)c2nc(OCC)ccc2c1O. The molecule has 2 rings (SSSR count). The van der Waals surface area contributed by atoms with Gasteiger partial charge in [0, 0.05) is 11.5 Å². The van der Waals surface area contributed by atoms with Crippen LogP contribution in [0.4, 0.5) is 0 Å². The van der Waals surface area contributed by atoms with Crippen LogP contribution < -0.4 is 4.74 Å². The third-order valence-electron chi connectivity index (χ3n) is 2.52. The highest BCUT2D eigenvalue weighted by atomic mass is 35.5. The number of fused-ring (bicyclic) bond motifs is 1. The smallest absolute Gasteiger partial charge is 0.360 e. The standard InChI is InChI=1S/C13H13ClN2O4/c1-3-19-8-6-5-7-9(15-8)12(14)16-10(11(7)17)13(18)20-4-2/h5-6,17H,3-4H2,1-2H3. The monoisotopic (exact) mass is 296 g/mol. The highest BCUT2D eigenvalue weighted by Gasteiger charge is 2.20. The molecule has 0 aromatic carbocycles. The lowest BCUT2D eigenvalue weighted by atomic mass is 10.2. The molecule has 2 aromatic heterocycles. The van der Waals surface area contributed by atoms with Crippen molar-refractivity contribution in [1.82, 2.24) is 9.97 Å². The molecule has 106 valence electrons. The Morgan fingerprint density at radius 2 is 2.05 bits per heavy atom. The predicted octanol–water partition coefficient (Wildman–Crippen LogP) is 2.56. The molecule has 2 heterocycles. The van der Waals surface area contributed by atoms with Crippen molar-refractivity contribution in [2.75, 3.05) is 13.2 Å². The van der Waals surface area contributed by atoms with Gasteiger partial charge >= 0.3 is 5.97 Å². The maximum Gasteiger partial charge on any atom is 0.360 e. The number of aromatic nitrogens is 2. The summed E-state index contributed by atoms with van der Waals surface area (Å²) in [5, 5.41) is 10.4. The quantitative estimate of drug-likeness (QED) is 0.690. The summed E-state index contributed by atoms with van der Waals surface area (Å²) < 4.78 is 10.1. The first kappa shape index (κ1) is 14.3. The van der Waals surface area contributed by atoms with Crippen LogP contribution in [0.2, 0.25) is 5.15 Å². The lowest BCUT2D eigenvalue weighted by molar-refractivity contribution is 0.0516. The van der Waals surface area contributed by atoms with Crippen molar-refractivity contribution in [2.45, 2.75) is 13.8 Å². The Hall–Kier alpha value is -2.08. The minimum Gasteiger partial charge on any atom is -0.505 e. The number of carbonyl (C=O) groups excluding carboxylic acids is 1. The Labute approximate surface area is 120 Å². The second kappa shape index (κ2) is 5.92. The Morgan fingerprint density at radius 1 is 1.30 bits per heavy atom. The highest BCUT2D eigenvalue weighted by Crippen LogP contribution is 2.32. The summed E-state index contributed by atoms with van der Waals surface area (Å²) in [6, 6.07) is 3.15. The summed E-state index contributed by atoms with van der Waals surface area (Å²) in [5.41, 5.74) is 0.0403. The van der Waals surface area contributed by atoms with Gasteiger partial charge < -0.3 is 14.6 Å². The van der Waals surface area contributed by atoms with Crippen LogP contribution in [0.1, 0.15) is 24.3 Å². The van der Waals surface area contributed by atoms with E-state index in [-0.39, 0.29) is 28.7 Å². The van der Waals surface area contributed by atoms with Crippen molar-refractivity contribution in [3.8, 4) is 11.6 Å². The van der Waals surface area contributed by atoms with Gasteiger partial charge in [-0.2, -0.15) is 0 Å². The van der Waals surface area contributed by atoms with Crippen molar-refractivity contribution in [1.29, 1.82) is 0 Å². The average molecular weight is 297 g/mol. The first-order chi connectivity index (χ1) is 9.58. The summed E-state index contributed by atoms with van der Waals surface area (Å²) in [4.78, 5) is 19.7. The van der Waals surface area contributed by atoms with Crippen molar-refractivity contribution in [2.24, 2.45) is 0 Å². The Kier molecular flexibility index (Phi) is 4.24. The van der Waals surface area contributed by atoms with Crippen LogP contribution in [-0.4, -0.2) is 34.3 Å². The number of ether oxygens (including phenoxy) is 2. The molecule has 0 saturated heterocycles.